The van der Waals surface area contributed by atoms with Gasteiger partial charge in [0.15, 0.2) is 0 Å². The molecular formula is C19H20FN3O4. The lowest BCUT2D eigenvalue weighted by atomic mass is 10.1. The third-order valence-electron chi connectivity index (χ3n) is 4.60. The van der Waals surface area contributed by atoms with E-state index in [-0.39, 0.29) is 17.4 Å². The molecule has 0 bridgehead atoms. The number of non-ortho nitro benzene ring substituents is 1. The Morgan fingerprint density at radius 1 is 1.19 bits per heavy atom. The van der Waals surface area contributed by atoms with Gasteiger partial charge in [0.05, 0.1) is 12.0 Å². The molecule has 142 valence electrons. The fourth-order valence-electron chi connectivity index (χ4n) is 3.16. The van der Waals surface area contributed by atoms with E-state index in [1.807, 2.05) is 0 Å². The van der Waals surface area contributed by atoms with Gasteiger partial charge < -0.3 is 9.64 Å². The van der Waals surface area contributed by atoms with E-state index in [0.29, 0.717) is 44.0 Å². The van der Waals surface area contributed by atoms with Crippen LogP contribution in [0.1, 0.15) is 15.9 Å². The number of nitrogens with zero attached hydrogens (tertiary/aromatic N) is 3. The van der Waals surface area contributed by atoms with E-state index in [1.54, 1.807) is 24.1 Å². The van der Waals surface area contributed by atoms with E-state index in [0.717, 1.165) is 5.56 Å². The second-order valence-corrected chi connectivity index (χ2v) is 6.33. The van der Waals surface area contributed by atoms with Crippen LogP contribution in [0.4, 0.5) is 10.1 Å². The summed E-state index contributed by atoms with van der Waals surface area (Å²) in [5, 5.41) is 10.9. The standard InChI is InChI=1S/C19H20FN3O4/c1-27-18-6-5-16(20)11-15(18)13-21-7-9-22(10-8-21)19(24)14-3-2-4-17(12-14)23(25)26/h2-6,11-12H,7-10,13H2,1H3. The van der Waals surface area contributed by atoms with Crippen molar-refractivity contribution < 1.29 is 18.8 Å². The van der Waals surface area contributed by atoms with Crippen molar-refractivity contribution in [2.24, 2.45) is 0 Å². The van der Waals surface area contributed by atoms with Crippen LogP contribution in [0.2, 0.25) is 0 Å². The van der Waals surface area contributed by atoms with Gasteiger partial charge in [-0.05, 0) is 24.3 Å². The number of piperazine rings is 1. The Kier molecular flexibility index (Phi) is 5.66. The third-order valence-corrected chi connectivity index (χ3v) is 4.60. The first-order valence-corrected chi connectivity index (χ1v) is 8.56. The van der Waals surface area contributed by atoms with Gasteiger partial charge in [-0.15, -0.1) is 0 Å². The molecule has 3 rings (SSSR count). The van der Waals surface area contributed by atoms with Crippen molar-refractivity contribution in [2.75, 3.05) is 33.3 Å². The van der Waals surface area contributed by atoms with Gasteiger partial charge in [-0.25, -0.2) is 4.39 Å². The maximum absolute atomic E-state index is 13.5. The second-order valence-electron chi connectivity index (χ2n) is 6.33. The molecule has 7 nitrogen and oxygen atoms in total. The van der Waals surface area contributed by atoms with Gasteiger partial charge in [0.2, 0.25) is 0 Å². The monoisotopic (exact) mass is 373 g/mol. The van der Waals surface area contributed by atoms with Crippen LogP contribution in [-0.2, 0) is 6.54 Å². The van der Waals surface area contributed by atoms with E-state index in [4.69, 9.17) is 4.74 Å². The molecule has 1 aliphatic rings. The Labute approximate surface area is 156 Å². The van der Waals surface area contributed by atoms with Gasteiger partial charge in [-0.1, -0.05) is 6.07 Å². The van der Waals surface area contributed by atoms with E-state index < -0.39 is 4.92 Å². The number of halogens is 1. The number of amides is 1. The highest BCUT2D eigenvalue weighted by atomic mass is 19.1. The Morgan fingerprint density at radius 3 is 2.59 bits per heavy atom. The van der Waals surface area contributed by atoms with Crippen molar-refractivity contribution in [1.29, 1.82) is 0 Å². The first-order valence-electron chi connectivity index (χ1n) is 8.56. The quantitative estimate of drug-likeness (QED) is 0.595. The number of hydrogen-bond acceptors (Lipinski definition) is 5. The second kappa shape index (κ2) is 8.13. The van der Waals surface area contributed by atoms with E-state index in [2.05, 4.69) is 4.90 Å². The Bertz CT molecular complexity index is 851. The molecule has 1 amide bonds. The molecule has 2 aromatic carbocycles. The fraction of sp³-hybridized carbons (Fsp3) is 0.316. The van der Waals surface area contributed by atoms with Crippen LogP contribution in [0.25, 0.3) is 0 Å². The van der Waals surface area contributed by atoms with Crippen molar-refractivity contribution in [1.82, 2.24) is 9.80 Å². The first kappa shape index (κ1) is 18.8. The summed E-state index contributed by atoms with van der Waals surface area (Å²) in [7, 11) is 1.55. The normalized spacial score (nSPS) is 14.8. The summed E-state index contributed by atoms with van der Waals surface area (Å²) < 4.78 is 18.8. The molecule has 0 aliphatic carbocycles. The minimum absolute atomic E-state index is 0.0994. The molecule has 1 saturated heterocycles. The number of methoxy groups -OCH3 is 1. The topological polar surface area (TPSA) is 75.9 Å². The van der Waals surface area contributed by atoms with Crippen LogP contribution >= 0.6 is 0 Å². The number of carbonyl (C=O) groups is 1. The number of nitro benzene ring substituents is 1. The predicted molar refractivity (Wildman–Crippen MR) is 97.2 cm³/mol. The summed E-state index contributed by atoms with van der Waals surface area (Å²) in [6, 6.07) is 10.2. The van der Waals surface area contributed by atoms with Gasteiger partial charge in [0, 0.05) is 56.0 Å². The molecule has 2 aromatic rings. The van der Waals surface area contributed by atoms with E-state index in [9.17, 15) is 19.3 Å². The SMILES string of the molecule is COc1ccc(F)cc1CN1CCN(C(=O)c2cccc([N+](=O)[O-])c2)CC1. The van der Waals surface area contributed by atoms with E-state index >= 15 is 0 Å². The van der Waals surface area contributed by atoms with Crippen molar-refractivity contribution in [2.45, 2.75) is 6.54 Å². The first-order chi connectivity index (χ1) is 13.0. The summed E-state index contributed by atoms with van der Waals surface area (Å²) in [6.07, 6.45) is 0. The lowest BCUT2D eigenvalue weighted by Gasteiger charge is -2.35. The van der Waals surface area contributed by atoms with Crippen molar-refractivity contribution in [3.05, 3.63) is 69.5 Å². The molecule has 0 atom stereocenters. The van der Waals surface area contributed by atoms with Gasteiger partial charge in [-0.3, -0.25) is 19.8 Å². The summed E-state index contributed by atoms with van der Waals surface area (Å²) in [4.78, 5) is 26.8. The molecule has 1 heterocycles. The zero-order chi connectivity index (χ0) is 19.4. The average Bonchev–Trinajstić information content (AvgIpc) is 2.68. The van der Waals surface area contributed by atoms with Crippen LogP contribution < -0.4 is 4.74 Å². The number of carbonyl (C=O) groups excluding carboxylic acids is 1. The van der Waals surface area contributed by atoms with Crippen LogP contribution in [-0.4, -0.2) is 53.9 Å². The zero-order valence-electron chi connectivity index (χ0n) is 14.9. The fourth-order valence-corrected chi connectivity index (χ4v) is 3.16. The Morgan fingerprint density at radius 2 is 1.93 bits per heavy atom. The number of ether oxygens (including phenoxy) is 1. The molecule has 27 heavy (non-hydrogen) atoms. The maximum Gasteiger partial charge on any atom is 0.270 e. The summed E-state index contributed by atoms with van der Waals surface area (Å²) in [6.45, 7) is 2.78. The lowest BCUT2D eigenvalue weighted by Crippen LogP contribution is -2.48. The van der Waals surface area contributed by atoms with Crippen LogP contribution in [0.15, 0.2) is 42.5 Å². The van der Waals surface area contributed by atoms with Crippen molar-refractivity contribution >= 4 is 11.6 Å². The highest BCUT2D eigenvalue weighted by molar-refractivity contribution is 5.94. The van der Waals surface area contributed by atoms with Crippen LogP contribution in [0.5, 0.6) is 5.75 Å². The minimum Gasteiger partial charge on any atom is -0.496 e. The highest BCUT2D eigenvalue weighted by Crippen LogP contribution is 2.22. The smallest absolute Gasteiger partial charge is 0.270 e. The Hall–Kier alpha value is -3.00. The largest absolute Gasteiger partial charge is 0.496 e. The van der Waals surface area contributed by atoms with Crippen molar-refractivity contribution in [3.63, 3.8) is 0 Å². The van der Waals surface area contributed by atoms with Gasteiger partial charge in [0.25, 0.3) is 11.6 Å². The molecule has 1 fully saturated rings. The number of benzene rings is 2. The predicted octanol–water partition coefficient (Wildman–Crippen LogP) is 2.70. The average molecular weight is 373 g/mol. The van der Waals surface area contributed by atoms with Crippen LogP contribution in [0, 0.1) is 15.9 Å². The number of hydrogen-bond donors (Lipinski definition) is 0. The maximum atomic E-state index is 13.5. The molecule has 0 N–H and O–H groups in total. The Balaban J connectivity index is 1.62. The molecular weight excluding hydrogens is 353 g/mol. The minimum atomic E-state index is -0.513. The summed E-state index contributed by atoms with van der Waals surface area (Å²) in [5.41, 5.74) is 0.970. The van der Waals surface area contributed by atoms with E-state index in [1.165, 1.54) is 30.3 Å². The summed E-state index contributed by atoms with van der Waals surface area (Å²) >= 11 is 0. The molecule has 0 radical (unpaired) electrons. The van der Waals surface area contributed by atoms with Gasteiger partial charge >= 0.3 is 0 Å². The molecule has 0 aromatic heterocycles. The highest BCUT2D eigenvalue weighted by Gasteiger charge is 2.24. The molecule has 1 aliphatic heterocycles. The number of rotatable bonds is 5. The lowest BCUT2D eigenvalue weighted by molar-refractivity contribution is -0.384. The molecule has 8 heteroatoms. The molecule has 0 saturated carbocycles. The molecule has 0 unspecified atom stereocenters. The zero-order valence-corrected chi connectivity index (χ0v) is 14.9. The van der Waals surface area contributed by atoms with Crippen LogP contribution in [0.3, 0.4) is 0 Å². The molecule has 0 spiro atoms. The number of nitro groups is 1. The van der Waals surface area contributed by atoms with Gasteiger partial charge in [-0.2, -0.15) is 0 Å². The van der Waals surface area contributed by atoms with Crippen molar-refractivity contribution in [3.8, 4) is 5.75 Å². The third kappa shape index (κ3) is 4.40. The van der Waals surface area contributed by atoms with Gasteiger partial charge in [0.1, 0.15) is 11.6 Å². The summed E-state index contributed by atoms with van der Waals surface area (Å²) in [5.74, 6) is 0.0958.